The van der Waals surface area contributed by atoms with Crippen molar-refractivity contribution in [1.29, 1.82) is 0 Å². The lowest BCUT2D eigenvalue weighted by atomic mass is 10.3. The average molecular weight is 298 g/mol. The summed E-state index contributed by atoms with van der Waals surface area (Å²) in [4.78, 5) is 1.81. The van der Waals surface area contributed by atoms with E-state index in [0.29, 0.717) is 5.02 Å². The molecule has 0 aliphatic rings. The Morgan fingerprint density at radius 3 is 2.65 bits per heavy atom. The van der Waals surface area contributed by atoms with E-state index in [2.05, 4.69) is 5.10 Å². The lowest BCUT2D eigenvalue weighted by molar-refractivity contribution is 0.533. The Balaban J connectivity index is 2.78. The van der Waals surface area contributed by atoms with Gasteiger partial charge in [-0.05, 0) is 18.2 Å². The van der Waals surface area contributed by atoms with E-state index < -0.39 is 10.0 Å². The van der Waals surface area contributed by atoms with Crippen LogP contribution in [0.5, 0.6) is 5.75 Å². The Morgan fingerprint density at radius 2 is 2.12 bits per heavy atom. The van der Waals surface area contributed by atoms with Crippen LogP contribution in [0.3, 0.4) is 0 Å². The van der Waals surface area contributed by atoms with Gasteiger partial charge in [0.1, 0.15) is 5.75 Å². The van der Waals surface area contributed by atoms with Gasteiger partial charge < -0.3 is 10.5 Å². The maximum Gasteiger partial charge on any atom is 0.310 e. The van der Waals surface area contributed by atoms with E-state index in [9.17, 15) is 8.42 Å². The maximum atomic E-state index is 10.7. The molecule has 0 atom stereocenters. The minimum atomic E-state index is -3.48. The first-order valence-electron chi connectivity index (χ1n) is 4.21. The van der Waals surface area contributed by atoms with E-state index in [1.807, 2.05) is 4.83 Å². The number of amidine groups is 1. The normalized spacial score (nSPS) is 12.3. The van der Waals surface area contributed by atoms with Crippen LogP contribution in [0.25, 0.3) is 0 Å². The van der Waals surface area contributed by atoms with Crippen molar-refractivity contribution < 1.29 is 13.2 Å². The molecule has 1 aromatic carbocycles. The van der Waals surface area contributed by atoms with Crippen LogP contribution in [0.15, 0.2) is 23.3 Å². The van der Waals surface area contributed by atoms with Crippen molar-refractivity contribution in [3.8, 4) is 5.75 Å². The highest BCUT2D eigenvalue weighted by Gasteiger charge is 2.05. The van der Waals surface area contributed by atoms with Crippen LogP contribution in [0, 0.1) is 0 Å². The van der Waals surface area contributed by atoms with Gasteiger partial charge in [0.25, 0.3) is 0 Å². The van der Waals surface area contributed by atoms with Crippen molar-refractivity contribution in [2.75, 3.05) is 6.26 Å². The fraction of sp³-hybridized carbons (Fsp3) is 0.125. The first kappa shape index (κ1) is 13.9. The fourth-order valence-corrected chi connectivity index (χ4v) is 1.52. The van der Waals surface area contributed by atoms with Gasteiger partial charge in [0, 0.05) is 5.02 Å². The number of ether oxygens (including phenoxy) is 1. The quantitative estimate of drug-likeness (QED) is 0.497. The molecular weight excluding hydrogens is 289 g/mol. The zero-order valence-electron chi connectivity index (χ0n) is 8.65. The molecule has 0 heterocycles. The van der Waals surface area contributed by atoms with Gasteiger partial charge in [-0.3, -0.25) is 0 Å². The molecule has 9 heteroatoms. The number of hydrogen-bond acceptors (Lipinski definition) is 4. The van der Waals surface area contributed by atoms with Crippen molar-refractivity contribution >= 4 is 39.2 Å². The summed E-state index contributed by atoms with van der Waals surface area (Å²) in [5.74, 6) is 0.215. The molecule has 0 saturated carbocycles. The number of nitrogens with zero attached hydrogens (tertiary/aromatic N) is 1. The third-order valence-electron chi connectivity index (χ3n) is 1.43. The van der Waals surface area contributed by atoms with Crippen LogP contribution in [-0.2, 0) is 10.0 Å². The minimum Gasteiger partial charge on any atom is -0.423 e. The molecule has 0 bridgehead atoms. The monoisotopic (exact) mass is 297 g/mol. The van der Waals surface area contributed by atoms with Crippen LogP contribution in [-0.4, -0.2) is 20.7 Å². The van der Waals surface area contributed by atoms with Crippen LogP contribution in [0.4, 0.5) is 0 Å². The second-order valence-corrected chi connectivity index (χ2v) is 5.56. The molecule has 94 valence electrons. The smallest absolute Gasteiger partial charge is 0.310 e. The van der Waals surface area contributed by atoms with E-state index in [1.165, 1.54) is 12.1 Å². The third-order valence-corrected chi connectivity index (χ3v) is 2.38. The summed E-state index contributed by atoms with van der Waals surface area (Å²) in [7, 11) is -3.48. The van der Waals surface area contributed by atoms with E-state index in [0.717, 1.165) is 6.26 Å². The van der Waals surface area contributed by atoms with Gasteiger partial charge in [-0.2, -0.15) is 4.83 Å². The highest BCUT2D eigenvalue weighted by molar-refractivity contribution is 7.88. The molecule has 0 aliphatic heterocycles. The van der Waals surface area contributed by atoms with Crippen LogP contribution < -0.4 is 15.3 Å². The summed E-state index contributed by atoms with van der Waals surface area (Å²) in [5.41, 5.74) is 5.33. The lowest BCUT2D eigenvalue weighted by Gasteiger charge is -2.06. The zero-order chi connectivity index (χ0) is 13.1. The summed E-state index contributed by atoms with van der Waals surface area (Å²) >= 11 is 11.5. The first-order valence-corrected chi connectivity index (χ1v) is 6.85. The molecule has 0 fully saturated rings. The summed E-state index contributed by atoms with van der Waals surface area (Å²) in [6, 6.07) is 4.09. The summed E-state index contributed by atoms with van der Waals surface area (Å²) in [6.45, 7) is 0. The van der Waals surface area contributed by atoms with Crippen LogP contribution in [0.2, 0.25) is 10.0 Å². The third kappa shape index (κ3) is 5.12. The van der Waals surface area contributed by atoms with Crippen LogP contribution in [0.1, 0.15) is 0 Å². The predicted molar refractivity (Wildman–Crippen MR) is 66.7 cm³/mol. The number of nitrogens with two attached hydrogens (primary N) is 1. The van der Waals surface area contributed by atoms with E-state index in [1.54, 1.807) is 6.07 Å². The van der Waals surface area contributed by atoms with Gasteiger partial charge >= 0.3 is 6.02 Å². The number of hydrogen-bond donors (Lipinski definition) is 2. The van der Waals surface area contributed by atoms with Crippen LogP contribution >= 0.6 is 23.2 Å². The molecule has 1 rings (SSSR count). The van der Waals surface area contributed by atoms with E-state index >= 15 is 0 Å². The zero-order valence-corrected chi connectivity index (χ0v) is 11.0. The average Bonchev–Trinajstić information content (AvgIpc) is 2.18. The number of sulfonamides is 1. The summed E-state index contributed by atoms with van der Waals surface area (Å²) in [5, 5.41) is 3.97. The van der Waals surface area contributed by atoms with E-state index in [4.69, 9.17) is 33.7 Å². The molecule has 0 saturated heterocycles. The molecule has 3 N–H and O–H groups in total. The molecular formula is C8H9Cl2N3O3S. The molecule has 0 radical (unpaired) electrons. The molecule has 1 aromatic rings. The first-order chi connectivity index (χ1) is 7.78. The SMILES string of the molecule is CS(=O)(=O)NN=C(N)Oc1ccc(Cl)cc1Cl. The van der Waals surface area contributed by atoms with Gasteiger partial charge in [-0.15, -0.1) is 5.10 Å². The van der Waals surface area contributed by atoms with Crippen molar-refractivity contribution in [3.63, 3.8) is 0 Å². The Morgan fingerprint density at radius 1 is 1.47 bits per heavy atom. The second kappa shape index (κ2) is 5.44. The number of benzene rings is 1. The van der Waals surface area contributed by atoms with Gasteiger partial charge in [-0.25, -0.2) is 8.42 Å². The molecule has 0 amide bonds. The molecule has 0 unspecified atom stereocenters. The van der Waals surface area contributed by atoms with Gasteiger partial charge in [0.05, 0.1) is 11.3 Å². The topological polar surface area (TPSA) is 93.8 Å². The number of halogens is 2. The number of nitrogens with one attached hydrogen (secondary N) is 1. The highest BCUT2D eigenvalue weighted by Crippen LogP contribution is 2.27. The Kier molecular flexibility index (Phi) is 4.44. The number of rotatable bonds is 3. The molecule has 17 heavy (non-hydrogen) atoms. The van der Waals surface area contributed by atoms with Crippen molar-refractivity contribution in [3.05, 3.63) is 28.2 Å². The highest BCUT2D eigenvalue weighted by atomic mass is 35.5. The van der Waals surface area contributed by atoms with Crippen molar-refractivity contribution in [2.24, 2.45) is 10.8 Å². The Labute approximate surface area is 108 Å². The van der Waals surface area contributed by atoms with Gasteiger partial charge in [0.2, 0.25) is 10.0 Å². The van der Waals surface area contributed by atoms with Crippen molar-refractivity contribution in [1.82, 2.24) is 4.83 Å². The predicted octanol–water partition coefficient (Wildman–Crippen LogP) is 1.15. The standard InChI is InChI=1S/C8H9Cl2N3O3S/c1-17(14,15)13-12-8(11)16-7-3-2-5(9)4-6(7)10/h2-4,13H,1H3,(H2,11,12). The molecule has 0 aliphatic carbocycles. The Hall–Kier alpha value is -1.18. The summed E-state index contributed by atoms with van der Waals surface area (Å²) in [6.07, 6.45) is 0.930. The minimum absolute atomic E-state index is 0.215. The maximum absolute atomic E-state index is 10.7. The molecule has 0 aromatic heterocycles. The number of hydrazone groups is 1. The second-order valence-electron chi connectivity index (χ2n) is 2.99. The van der Waals surface area contributed by atoms with Gasteiger partial charge in [-0.1, -0.05) is 23.2 Å². The molecule has 6 nitrogen and oxygen atoms in total. The summed E-state index contributed by atoms with van der Waals surface area (Å²) < 4.78 is 26.5. The Bertz CT molecular complexity index is 545. The largest absolute Gasteiger partial charge is 0.423 e. The fourth-order valence-electron chi connectivity index (χ4n) is 0.821. The lowest BCUT2D eigenvalue weighted by Crippen LogP contribution is -2.26. The van der Waals surface area contributed by atoms with E-state index in [-0.39, 0.29) is 16.8 Å². The molecule has 0 spiro atoms. The van der Waals surface area contributed by atoms with Crippen molar-refractivity contribution in [2.45, 2.75) is 0 Å². The van der Waals surface area contributed by atoms with Gasteiger partial charge in [0.15, 0.2) is 0 Å².